The third-order valence-corrected chi connectivity index (χ3v) is 3.75. The van der Waals surface area contributed by atoms with Crippen LogP contribution in [0.25, 0.3) is 5.65 Å². The number of hydrogen-bond donors (Lipinski definition) is 0. The fourth-order valence-electron chi connectivity index (χ4n) is 2.32. The summed E-state index contributed by atoms with van der Waals surface area (Å²) in [6, 6.07) is 10.2. The van der Waals surface area contributed by atoms with Crippen molar-refractivity contribution in [3.05, 3.63) is 58.9 Å². The topological polar surface area (TPSA) is 42.0 Å². The summed E-state index contributed by atoms with van der Waals surface area (Å²) in [5.41, 5.74) is 6.25. The van der Waals surface area contributed by atoms with Gasteiger partial charge in [-0.2, -0.15) is 0 Å². The molecule has 3 rings (SSSR count). The molecule has 4 nitrogen and oxygen atoms in total. The molecule has 4 heteroatoms. The molecule has 0 unspecified atom stereocenters. The number of fused-ring (bicyclic) bond motifs is 1. The maximum Gasteiger partial charge on any atom is 0.182 e. The Balaban J connectivity index is 2.07. The van der Waals surface area contributed by atoms with Crippen LogP contribution in [0, 0.1) is 27.7 Å². The minimum Gasteiger partial charge on any atom is -0.283 e. The van der Waals surface area contributed by atoms with Crippen molar-refractivity contribution >= 4 is 17.2 Å². The summed E-state index contributed by atoms with van der Waals surface area (Å²) >= 11 is 0. The second-order valence-electron chi connectivity index (χ2n) is 5.37. The Morgan fingerprint density at radius 1 is 1.00 bits per heavy atom. The second-order valence-corrected chi connectivity index (χ2v) is 5.37. The number of pyridine rings is 1. The van der Waals surface area contributed by atoms with Gasteiger partial charge >= 0.3 is 0 Å². The quantitative estimate of drug-likeness (QED) is 0.609. The first kappa shape index (κ1) is 13.5. The molecule has 0 aliphatic rings. The van der Waals surface area contributed by atoms with Crippen molar-refractivity contribution in [2.75, 3.05) is 0 Å². The van der Waals surface area contributed by atoms with Crippen molar-refractivity contribution in [1.29, 1.82) is 0 Å². The van der Waals surface area contributed by atoms with Crippen molar-refractivity contribution in [3.63, 3.8) is 0 Å². The average Bonchev–Trinajstić information content (AvgIpc) is 2.75. The van der Waals surface area contributed by atoms with Gasteiger partial charge in [0.05, 0.1) is 11.4 Å². The van der Waals surface area contributed by atoms with Gasteiger partial charge in [0.15, 0.2) is 5.82 Å². The van der Waals surface area contributed by atoms with Gasteiger partial charge in [-0.15, -0.1) is 10.2 Å². The van der Waals surface area contributed by atoms with Gasteiger partial charge in [-0.3, -0.25) is 4.40 Å². The molecule has 2 heterocycles. The van der Waals surface area contributed by atoms with E-state index in [1.165, 1.54) is 11.1 Å². The number of aromatic nitrogens is 2. The standard InChI is InChI=1S/C17H18N4/c1-11-8-9-21-16(10-11)18-14(4)17(21)20-19-15-7-5-6-12(2)13(15)3/h5-10H,1-4H3. The zero-order valence-electron chi connectivity index (χ0n) is 12.8. The third kappa shape index (κ3) is 2.44. The maximum atomic E-state index is 4.54. The summed E-state index contributed by atoms with van der Waals surface area (Å²) < 4.78 is 1.97. The van der Waals surface area contributed by atoms with Crippen LogP contribution in [-0.4, -0.2) is 9.38 Å². The van der Waals surface area contributed by atoms with Crippen LogP contribution in [0.2, 0.25) is 0 Å². The van der Waals surface area contributed by atoms with Crippen molar-refractivity contribution in [2.24, 2.45) is 10.2 Å². The summed E-state index contributed by atoms with van der Waals surface area (Å²) in [4.78, 5) is 4.54. The molecule has 0 atom stereocenters. The van der Waals surface area contributed by atoms with Crippen LogP contribution < -0.4 is 0 Å². The molecule has 0 amide bonds. The predicted molar refractivity (Wildman–Crippen MR) is 84.8 cm³/mol. The first-order chi connectivity index (χ1) is 10.1. The molecule has 0 saturated carbocycles. The van der Waals surface area contributed by atoms with Crippen LogP contribution in [0.5, 0.6) is 0 Å². The normalized spacial score (nSPS) is 11.6. The van der Waals surface area contributed by atoms with E-state index in [0.717, 1.165) is 28.4 Å². The Morgan fingerprint density at radius 3 is 2.62 bits per heavy atom. The molecule has 0 radical (unpaired) electrons. The zero-order chi connectivity index (χ0) is 15.0. The molecule has 1 aromatic carbocycles. The van der Waals surface area contributed by atoms with E-state index in [1.807, 2.05) is 41.8 Å². The molecule has 0 saturated heterocycles. The van der Waals surface area contributed by atoms with Gasteiger partial charge in [0.1, 0.15) is 5.65 Å². The van der Waals surface area contributed by atoms with E-state index in [9.17, 15) is 0 Å². The van der Waals surface area contributed by atoms with Crippen LogP contribution in [0.3, 0.4) is 0 Å². The molecule has 0 N–H and O–H groups in total. The van der Waals surface area contributed by atoms with Gasteiger partial charge in [-0.1, -0.05) is 12.1 Å². The van der Waals surface area contributed by atoms with E-state index in [1.54, 1.807) is 0 Å². The van der Waals surface area contributed by atoms with Gasteiger partial charge in [0, 0.05) is 6.20 Å². The van der Waals surface area contributed by atoms with E-state index in [0.29, 0.717) is 0 Å². The lowest BCUT2D eigenvalue weighted by Gasteiger charge is -2.02. The lowest BCUT2D eigenvalue weighted by molar-refractivity contribution is 1.08. The number of nitrogens with zero attached hydrogens (tertiary/aromatic N) is 4. The first-order valence-corrected chi connectivity index (χ1v) is 6.99. The van der Waals surface area contributed by atoms with Crippen LogP contribution in [-0.2, 0) is 0 Å². The number of aryl methyl sites for hydroxylation is 3. The van der Waals surface area contributed by atoms with E-state index in [2.05, 4.69) is 42.1 Å². The monoisotopic (exact) mass is 278 g/mol. The molecular formula is C17H18N4. The van der Waals surface area contributed by atoms with Crippen LogP contribution in [0.1, 0.15) is 22.4 Å². The number of rotatable bonds is 2. The number of hydrogen-bond acceptors (Lipinski definition) is 3. The third-order valence-electron chi connectivity index (χ3n) is 3.75. The smallest absolute Gasteiger partial charge is 0.182 e. The molecule has 0 aliphatic heterocycles. The minimum atomic E-state index is 0.783. The SMILES string of the molecule is Cc1ccn2c(N=Nc3cccc(C)c3C)c(C)nc2c1. The summed E-state index contributed by atoms with van der Waals surface area (Å²) in [6.07, 6.45) is 1.99. The van der Waals surface area contributed by atoms with Crippen molar-refractivity contribution in [3.8, 4) is 0 Å². The summed E-state index contributed by atoms with van der Waals surface area (Å²) in [6.45, 7) is 8.16. The Hall–Kier alpha value is -2.49. The molecule has 0 fully saturated rings. The second kappa shape index (κ2) is 5.13. The average molecular weight is 278 g/mol. The van der Waals surface area contributed by atoms with Crippen molar-refractivity contribution in [2.45, 2.75) is 27.7 Å². The van der Waals surface area contributed by atoms with Gasteiger partial charge in [-0.25, -0.2) is 4.98 Å². The number of imidazole rings is 1. The Kier molecular flexibility index (Phi) is 3.29. The van der Waals surface area contributed by atoms with E-state index >= 15 is 0 Å². The highest BCUT2D eigenvalue weighted by molar-refractivity contribution is 5.54. The van der Waals surface area contributed by atoms with Crippen LogP contribution >= 0.6 is 0 Å². The number of azo groups is 1. The minimum absolute atomic E-state index is 0.783. The Morgan fingerprint density at radius 2 is 1.81 bits per heavy atom. The van der Waals surface area contributed by atoms with Gasteiger partial charge in [-0.05, 0) is 62.6 Å². The van der Waals surface area contributed by atoms with E-state index in [4.69, 9.17) is 0 Å². The van der Waals surface area contributed by atoms with Crippen molar-refractivity contribution < 1.29 is 0 Å². The summed E-state index contributed by atoms with van der Waals surface area (Å²) in [5, 5.41) is 8.83. The highest BCUT2D eigenvalue weighted by Gasteiger charge is 2.08. The molecule has 106 valence electrons. The Bertz CT molecular complexity index is 843. The fraction of sp³-hybridized carbons (Fsp3) is 0.235. The fourth-order valence-corrected chi connectivity index (χ4v) is 2.32. The van der Waals surface area contributed by atoms with E-state index in [-0.39, 0.29) is 0 Å². The van der Waals surface area contributed by atoms with Crippen molar-refractivity contribution in [1.82, 2.24) is 9.38 Å². The molecule has 21 heavy (non-hydrogen) atoms. The summed E-state index contributed by atoms with van der Waals surface area (Å²) in [5.74, 6) is 0.783. The zero-order valence-corrected chi connectivity index (χ0v) is 12.8. The highest BCUT2D eigenvalue weighted by Crippen LogP contribution is 2.26. The first-order valence-electron chi connectivity index (χ1n) is 6.99. The Labute approximate surface area is 124 Å². The van der Waals surface area contributed by atoms with Gasteiger partial charge < -0.3 is 0 Å². The molecule has 3 aromatic rings. The summed E-state index contributed by atoms with van der Waals surface area (Å²) in [7, 11) is 0. The maximum absolute atomic E-state index is 4.54. The lowest BCUT2D eigenvalue weighted by Crippen LogP contribution is -1.84. The molecular weight excluding hydrogens is 260 g/mol. The molecule has 0 bridgehead atoms. The van der Waals surface area contributed by atoms with Crippen LogP contribution in [0.15, 0.2) is 46.8 Å². The number of benzene rings is 1. The molecule has 0 aliphatic carbocycles. The van der Waals surface area contributed by atoms with E-state index < -0.39 is 0 Å². The van der Waals surface area contributed by atoms with Crippen LogP contribution in [0.4, 0.5) is 11.5 Å². The largest absolute Gasteiger partial charge is 0.283 e. The van der Waals surface area contributed by atoms with Gasteiger partial charge in [0.2, 0.25) is 0 Å². The molecule has 0 spiro atoms. The van der Waals surface area contributed by atoms with Gasteiger partial charge in [0.25, 0.3) is 0 Å². The lowest BCUT2D eigenvalue weighted by atomic mass is 10.1. The molecule has 2 aromatic heterocycles. The predicted octanol–water partition coefficient (Wildman–Crippen LogP) is 4.98. The highest BCUT2D eigenvalue weighted by atomic mass is 15.2.